The molecule has 0 radical (unpaired) electrons. The highest BCUT2D eigenvalue weighted by Gasteiger charge is 2.55. The van der Waals surface area contributed by atoms with Gasteiger partial charge < -0.3 is 9.80 Å². The molecule has 2 saturated carbocycles. The van der Waals surface area contributed by atoms with E-state index in [9.17, 15) is 14.0 Å². The summed E-state index contributed by atoms with van der Waals surface area (Å²) in [6.45, 7) is 1.32. The number of carbonyl (C=O) groups is 2. The molecule has 1 heterocycles. The molecule has 3 fully saturated rings. The standard InChI is InChI=1S/C20H25FN2O2/c21-17-9-5-4-8-16(17)20(10-11-20)19(25)22-12-13-23(18(24)14-22)15-6-2-1-3-7-15/h4-5,8-9,15H,1-3,6-7,10-14H2. The van der Waals surface area contributed by atoms with Crippen LogP contribution >= 0.6 is 0 Å². The van der Waals surface area contributed by atoms with Crippen LogP contribution in [0, 0.1) is 5.82 Å². The van der Waals surface area contributed by atoms with E-state index in [1.54, 1.807) is 23.1 Å². The zero-order chi connectivity index (χ0) is 17.4. The van der Waals surface area contributed by atoms with E-state index in [0.29, 0.717) is 37.5 Å². The van der Waals surface area contributed by atoms with Crippen molar-refractivity contribution in [2.45, 2.75) is 56.4 Å². The van der Waals surface area contributed by atoms with Crippen molar-refractivity contribution in [2.75, 3.05) is 19.6 Å². The van der Waals surface area contributed by atoms with Crippen LogP contribution in [0.15, 0.2) is 24.3 Å². The molecule has 4 nitrogen and oxygen atoms in total. The lowest BCUT2D eigenvalue weighted by molar-refractivity contribution is -0.149. The van der Waals surface area contributed by atoms with Crippen LogP contribution in [0.3, 0.4) is 0 Å². The normalized spacial score (nSPS) is 23.6. The van der Waals surface area contributed by atoms with Gasteiger partial charge in [0.15, 0.2) is 0 Å². The van der Waals surface area contributed by atoms with Crippen LogP contribution < -0.4 is 0 Å². The van der Waals surface area contributed by atoms with Gasteiger partial charge in [0.1, 0.15) is 5.82 Å². The molecule has 1 aromatic carbocycles. The van der Waals surface area contributed by atoms with Crippen molar-refractivity contribution in [1.29, 1.82) is 0 Å². The number of amides is 2. The first-order chi connectivity index (χ1) is 12.1. The summed E-state index contributed by atoms with van der Waals surface area (Å²) in [6.07, 6.45) is 7.14. The molecule has 0 aromatic heterocycles. The lowest BCUT2D eigenvalue weighted by atomic mass is 9.92. The fraction of sp³-hybridized carbons (Fsp3) is 0.600. The van der Waals surface area contributed by atoms with Crippen molar-refractivity contribution in [1.82, 2.24) is 9.80 Å². The summed E-state index contributed by atoms with van der Waals surface area (Å²) in [5, 5.41) is 0. The summed E-state index contributed by atoms with van der Waals surface area (Å²) < 4.78 is 14.2. The zero-order valence-electron chi connectivity index (χ0n) is 14.5. The third kappa shape index (κ3) is 2.94. The highest BCUT2D eigenvalue weighted by molar-refractivity contribution is 5.94. The fourth-order valence-corrected chi connectivity index (χ4v) is 4.51. The Bertz CT molecular complexity index is 680. The van der Waals surface area contributed by atoms with Crippen LogP contribution in [0.2, 0.25) is 0 Å². The minimum absolute atomic E-state index is 0.0517. The molecular formula is C20H25FN2O2. The van der Waals surface area contributed by atoms with Crippen LogP contribution in [-0.4, -0.2) is 47.3 Å². The predicted molar refractivity (Wildman–Crippen MR) is 92.5 cm³/mol. The van der Waals surface area contributed by atoms with Gasteiger partial charge in [-0.05, 0) is 31.7 Å². The third-order valence-corrected chi connectivity index (χ3v) is 6.11. The summed E-state index contributed by atoms with van der Waals surface area (Å²) in [5.74, 6) is -0.342. The number of carbonyl (C=O) groups excluding carboxylic acids is 2. The Morgan fingerprint density at radius 2 is 1.80 bits per heavy atom. The molecule has 0 bridgehead atoms. The van der Waals surface area contributed by atoms with Gasteiger partial charge in [0.2, 0.25) is 11.8 Å². The van der Waals surface area contributed by atoms with E-state index >= 15 is 0 Å². The first-order valence-electron chi connectivity index (χ1n) is 9.46. The van der Waals surface area contributed by atoms with E-state index in [1.807, 2.05) is 4.90 Å². The maximum Gasteiger partial charge on any atom is 0.242 e. The number of hydrogen-bond donors (Lipinski definition) is 0. The van der Waals surface area contributed by atoms with Crippen molar-refractivity contribution in [3.05, 3.63) is 35.6 Å². The minimum atomic E-state index is -0.737. The van der Waals surface area contributed by atoms with E-state index in [-0.39, 0.29) is 24.2 Å². The summed E-state index contributed by atoms with van der Waals surface area (Å²) in [4.78, 5) is 29.3. The highest BCUT2D eigenvalue weighted by Crippen LogP contribution is 2.50. The Morgan fingerprint density at radius 3 is 2.44 bits per heavy atom. The number of benzene rings is 1. The molecule has 0 atom stereocenters. The first kappa shape index (κ1) is 16.6. The molecule has 1 aromatic rings. The molecule has 3 aliphatic rings. The summed E-state index contributed by atoms with van der Waals surface area (Å²) in [7, 11) is 0. The Balaban J connectivity index is 1.46. The third-order valence-electron chi connectivity index (χ3n) is 6.11. The summed E-state index contributed by atoms with van der Waals surface area (Å²) in [5.41, 5.74) is -0.249. The second-order valence-corrected chi connectivity index (χ2v) is 7.67. The van der Waals surface area contributed by atoms with Gasteiger partial charge in [0, 0.05) is 24.7 Å². The molecule has 0 unspecified atom stereocenters. The summed E-state index contributed by atoms with van der Waals surface area (Å²) in [6, 6.07) is 6.89. The SMILES string of the molecule is O=C1CN(C(=O)C2(c3ccccc3F)CC2)CCN1C1CCCCC1. The van der Waals surface area contributed by atoms with Gasteiger partial charge in [0.05, 0.1) is 12.0 Å². The minimum Gasteiger partial charge on any atom is -0.336 e. The van der Waals surface area contributed by atoms with E-state index < -0.39 is 5.41 Å². The fourth-order valence-electron chi connectivity index (χ4n) is 4.51. The van der Waals surface area contributed by atoms with Crippen LogP contribution in [0.1, 0.15) is 50.5 Å². The molecule has 0 spiro atoms. The number of piperazine rings is 1. The van der Waals surface area contributed by atoms with Gasteiger partial charge in [-0.25, -0.2) is 4.39 Å². The van der Waals surface area contributed by atoms with Gasteiger partial charge in [-0.3, -0.25) is 9.59 Å². The molecule has 25 heavy (non-hydrogen) atoms. The number of hydrogen-bond acceptors (Lipinski definition) is 2. The first-order valence-corrected chi connectivity index (χ1v) is 9.46. The van der Waals surface area contributed by atoms with Gasteiger partial charge >= 0.3 is 0 Å². The molecular weight excluding hydrogens is 319 g/mol. The molecule has 1 saturated heterocycles. The molecule has 4 rings (SSSR count). The average molecular weight is 344 g/mol. The Kier molecular flexibility index (Phi) is 4.26. The van der Waals surface area contributed by atoms with Crippen LogP contribution in [-0.2, 0) is 15.0 Å². The van der Waals surface area contributed by atoms with Gasteiger partial charge in [-0.2, -0.15) is 0 Å². The Morgan fingerprint density at radius 1 is 1.08 bits per heavy atom. The van der Waals surface area contributed by atoms with Crippen molar-refractivity contribution in [2.24, 2.45) is 0 Å². The number of rotatable bonds is 3. The zero-order valence-corrected chi connectivity index (χ0v) is 14.5. The molecule has 5 heteroatoms. The largest absolute Gasteiger partial charge is 0.336 e. The second kappa shape index (κ2) is 6.43. The van der Waals surface area contributed by atoms with E-state index in [0.717, 1.165) is 12.8 Å². The lowest BCUT2D eigenvalue weighted by Gasteiger charge is -2.41. The maximum atomic E-state index is 14.2. The van der Waals surface area contributed by atoms with Crippen molar-refractivity contribution in [3.63, 3.8) is 0 Å². The Hall–Kier alpha value is -1.91. The smallest absolute Gasteiger partial charge is 0.242 e. The predicted octanol–water partition coefficient (Wildman–Crippen LogP) is 2.86. The number of halogens is 1. The van der Waals surface area contributed by atoms with E-state index in [1.165, 1.54) is 25.3 Å². The van der Waals surface area contributed by atoms with Gasteiger partial charge in [0.25, 0.3) is 0 Å². The average Bonchev–Trinajstić information content (AvgIpc) is 3.44. The molecule has 1 aliphatic heterocycles. The lowest BCUT2D eigenvalue weighted by Crippen LogP contribution is -2.57. The van der Waals surface area contributed by atoms with Gasteiger partial charge in [-0.15, -0.1) is 0 Å². The van der Waals surface area contributed by atoms with Crippen molar-refractivity contribution >= 4 is 11.8 Å². The highest BCUT2D eigenvalue weighted by atomic mass is 19.1. The van der Waals surface area contributed by atoms with Crippen LogP contribution in [0.4, 0.5) is 4.39 Å². The topological polar surface area (TPSA) is 40.6 Å². The molecule has 134 valence electrons. The number of nitrogens with zero attached hydrogens (tertiary/aromatic N) is 2. The van der Waals surface area contributed by atoms with E-state index in [2.05, 4.69) is 0 Å². The van der Waals surface area contributed by atoms with Crippen molar-refractivity contribution < 1.29 is 14.0 Å². The second-order valence-electron chi connectivity index (χ2n) is 7.67. The monoisotopic (exact) mass is 344 g/mol. The van der Waals surface area contributed by atoms with Crippen LogP contribution in [0.5, 0.6) is 0 Å². The van der Waals surface area contributed by atoms with Crippen LogP contribution in [0.25, 0.3) is 0 Å². The maximum absolute atomic E-state index is 14.2. The summed E-state index contributed by atoms with van der Waals surface area (Å²) >= 11 is 0. The van der Waals surface area contributed by atoms with Crippen molar-refractivity contribution in [3.8, 4) is 0 Å². The van der Waals surface area contributed by atoms with E-state index in [4.69, 9.17) is 0 Å². The molecule has 2 aliphatic carbocycles. The molecule has 2 amide bonds. The Labute approximate surface area is 148 Å². The molecule has 0 N–H and O–H groups in total. The van der Waals surface area contributed by atoms with Gasteiger partial charge in [-0.1, -0.05) is 37.5 Å². The quantitative estimate of drug-likeness (QED) is 0.846.